The molecule has 1 heterocycles. The van der Waals surface area contributed by atoms with Gasteiger partial charge in [-0.2, -0.15) is 4.98 Å². The monoisotopic (exact) mass is 448 g/mol. The van der Waals surface area contributed by atoms with E-state index in [1.165, 1.54) is 22.9 Å². The third kappa shape index (κ3) is 5.23. The van der Waals surface area contributed by atoms with E-state index in [1.807, 2.05) is 13.8 Å². The van der Waals surface area contributed by atoms with Crippen LogP contribution in [0.2, 0.25) is 0 Å². The summed E-state index contributed by atoms with van der Waals surface area (Å²) in [7, 11) is 0. The second-order valence-corrected chi connectivity index (χ2v) is 7.72. The van der Waals surface area contributed by atoms with Crippen molar-refractivity contribution in [3.63, 3.8) is 0 Å². The number of halogens is 2. The first-order chi connectivity index (χ1) is 15.9. The van der Waals surface area contributed by atoms with Gasteiger partial charge in [0.25, 0.3) is 0 Å². The van der Waals surface area contributed by atoms with Crippen LogP contribution in [0, 0.1) is 17.6 Å². The van der Waals surface area contributed by atoms with Gasteiger partial charge in [-0.25, -0.2) is 13.5 Å². The van der Waals surface area contributed by atoms with E-state index >= 15 is 0 Å². The van der Waals surface area contributed by atoms with Gasteiger partial charge in [0.15, 0.2) is 5.82 Å². The molecule has 0 aliphatic carbocycles. The van der Waals surface area contributed by atoms with Crippen molar-refractivity contribution in [1.29, 1.82) is 0 Å². The molecular weight excluding hydrogens is 426 g/mol. The number of rotatable bonds is 7. The van der Waals surface area contributed by atoms with Crippen LogP contribution in [-0.2, 0) is 11.4 Å². The molecule has 0 saturated carbocycles. The van der Waals surface area contributed by atoms with Crippen LogP contribution in [0.25, 0.3) is 17.1 Å². The van der Waals surface area contributed by atoms with Crippen molar-refractivity contribution >= 4 is 11.6 Å². The number of carbonyl (C=O) groups excluding carboxylic acids is 1. The molecular formula is C25H22F2N4O2. The van der Waals surface area contributed by atoms with Gasteiger partial charge in [0.1, 0.15) is 18.2 Å². The van der Waals surface area contributed by atoms with E-state index in [-0.39, 0.29) is 41.6 Å². The predicted octanol–water partition coefficient (Wildman–Crippen LogP) is 5.39. The minimum atomic E-state index is -0.447. The molecule has 0 bridgehead atoms. The van der Waals surface area contributed by atoms with E-state index in [2.05, 4.69) is 15.4 Å². The van der Waals surface area contributed by atoms with Crippen molar-refractivity contribution in [2.75, 3.05) is 5.32 Å². The zero-order valence-electron chi connectivity index (χ0n) is 18.1. The number of carbonyl (C=O) groups is 1. The summed E-state index contributed by atoms with van der Waals surface area (Å²) >= 11 is 0. The van der Waals surface area contributed by atoms with Gasteiger partial charge < -0.3 is 10.1 Å². The lowest BCUT2D eigenvalue weighted by Crippen LogP contribution is -2.17. The fraction of sp³-hybridized carbons (Fsp3) is 0.160. The average Bonchev–Trinajstić information content (AvgIpc) is 3.23. The predicted molar refractivity (Wildman–Crippen MR) is 121 cm³/mol. The van der Waals surface area contributed by atoms with Crippen LogP contribution in [-0.4, -0.2) is 20.7 Å². The Labute approximate surface area is 189 Å². The summed E-state index contributed by atoms with van der Waals surface area (Å²) in [5.74, 6) is -0.755. The molecule has 0 aliphatic rings. The van der Waals surface area contributed by atoms with Crippen LogP contribution in [0.15, 0.2) is 72.8 Å². The molecule has 0 spiro atoms. The van der Waals surface area contributed by atoms with Gasteiger partial charge in [0, 0.05) is 11.6 Å². The Bertz CT molecular complexity index is 1250. The summed E-state index contributed by atoms with van der Waals surface area (Å²) in [6, 6.07) is 19.2. The van der Waals surface area contributed by atoms with Crippen molar-refractivity contribution < 1.29 is 18.3 Å². The number of hydrogen-bond acceptors (Lipinski definition) is 4. The molecule has 1 N–H and O–H groups in total. The maximum absolute atomic E-state index is 14.5. The fourth-order valence-corrected chi connectivity index (χ4v) is 3.05. The Balaban J connectivity index is 1.65. The zero-order chi connectivity index (χ0) is 23.4. The van der Waals surface area contributed by atoms with Gasteiger partial charge in [-0.3, -0.25) is 4.79 Å². The topological polar surface area (TPSA) is 69.0 Å². The van der Waals surface area contributed by atoms with E-state index < -0.39 is 5.82 Å². The van der Waals surface area contributed by atoms with Crippen LogP contribution in [0.3, 0.4) is 0 Å². The van der Waals surface area contributed by atoms with Gasteiger partial charge >= 0.3 is 6.01 Å². The summed E-state index contributed by atoms with van der Waals surface area (Å²) in [5, 5.41) is 7.23. The molecule has 3 aromatic carbocycles. The highest BCUT2D eigenvalue weighted by Crippen LogP contribution is 2.27. The number of ether oxygens (including phenoxy) is 1. The molecule has 4 rings (SSSR count). The SMILES string of the molecule is CC(C)C(=O)Nc1ccc(-n2nc(OCc3ccc(F)cc3)nc2-c2ccccc2F)cc1. The summed E-state index contributed by atoms with van der Waals surface area (Å²) in [6.07, 6.45) is 0. The number of aromatic nitrogens is 3. The van der Waals surface area contributed by atoms with Crippen molar-refractivity contribution in [3.8, 4) is 23.1 Å². The minimum absolute atomic E-state index is 0.0507. The van der Waals surface area contributed by atoms with Crippen LogP contribution >= 0.6 is 0 Å². The lowest BCUT2D eigenvalue weighted by atomic mass is 10.2. The molecule has 0 radical (unpaired) electrons. The second-order valence-electron chi connectivity index (χ2n) is 7.72. The quantitative estimate of drug-likeness (QED) is 0.412. The molecule has 0 saturated heterocycles. The Kier molecular flexibility index (Phi) is 6.44. The molecule has 6 nitrogen and oxygen atoms in total. The maximum atomic E-state index is 14.5. The Morgan fingerprint density at radius 3 is 2.36 bits per heavy atom. The molecule has 1 amide bonds. The van der Waals surface area contributed by atoms with E-state index in [4.69, 9.17) is 4.74 Å². The Morgan fingerprint density at radius 1 is 1.00 bits per heavy atom. The van der Waals surface area contributed by atoms with Gasteiger partial charge in [-0.05, 0) is 54.1 Å². The zero-order valence-corrected chi connectivity index (χ0v) is 18.1. The molecule has 0 aliphatic heterocycles. The van der Waals surface area contributed by atoms with E-state index in [1.54, 1.807) is 54.6 Å². The molecule has 8 heteroatoms. The number of nitrogens with zero attached hydrogens (tertiary/aromatic N) is 3. The first kappa shape index (κ1) is 22.1. The lowest BCUT2D eigenvalue weighted by Gasteiger charge is -2.10. The minimum Gasteiger partial charge on any atom is -0.457 e. The highest BCUT2D eigenvalue weighted by Gasteiger charge is 2.18. The number of anilines is 1. The standard InChI is InChI=1S/C25H22F2N4O2/c1-16(2)24(32)28-19-11-13-20(14-12-19)31-23(21-5-3-4-6-22(21)27)29-25(30-31)33-15-17-7-9-18(26)10-8-17/h3-14,16H,15H2,1-2H3,(H,28,32). The van der Waals surface area contributed by atoms with E-state index in [0.29, 0.717) is 11.4 Å². The fourth-order valence-electron chi connectivity index (χ4n) is 3.05. The average molecular weight is 448 g/mol. The van der Waals surface area contributed by atoms with Gasteiger partial charge in [0.2, 0.25) is 5.91 Å². The summed E-state index contributed by atoms with van der Waals surface area (Å²) in [6.45, 7) is 3.75. The number of nitrogens with one attached hydrogen (secondary N) is 1. The summed E-state index contributed by atoms with van der Waals surface area (Å²) in [4.78, 5) is 16.3. The first-order valence-corrected chi connectivity index (χ1v) is 10.4. The summed E-state index contributed by atoms with van der Waals surface area (Å²) < 4.78 is 34.8. The second kappa shape index (κ2) is 9.60. The van der Waals surface area contributed by atoms with Crippen molar-refractivity contribution in [2.45, 2.75) is 20.5 Å². The molecule has 0 unspecified atom stereocenters. The van der Waals surface area contributed by atoms with Gasteiger partial charge in [0.05, 0.1) is 11.3 Å². The van der Waals surface area contributed by atoms with Crippen LogP contribution in [0.4, 0.5) is 14.5 Å². The molecule has 33 heavy (non-hydrogen) atoms. The number of amides is 1. The van der Waals surface area contributed by atoms with Gasteiger partial charge in [-0.15, -0.1) is 5.10 Å². The lowest BCUT2D eigenvalue weighted by molar-refractivity contribution is -0.118. The number of hydrogen-bond donors (Lipinski definition) is 1. The third-order valence-corrected chi connectivity index (χ3v) is 4.89. The maximum Gasteiger partial charge on any atom is 0.336 e. The molecule has 0 fully saturated rings. The van der Waals surface area contributed by atoms with Crippen LogP contribution in [0.1, 0.15) is 19.4 Å². The van der Waals surface area contributed by atoms with Crippen LogP contribution in [0.5, 0.6) is 6.01 Å². The Hall–Kier alpha value is -4.07. The molecule has 0 atom stereocenters. The highest BCUT2D eigenvalue weighted by atomic mass is 19.1. The van der Waals surface area contributed by atoms with Crippen molar-refractivity contribution in [2.24, 2.45) is 5.92 Å². The number of benzene rings is 3. The van der Waals surface area contributed by atoms with E-state index in [9.17, 15) is 13.6 Å². The largest absolute Gasteiger partial charge is 0.457 e. The smallest absolute Gasteiger partial charge is 0.336 e. The van der Waals surface area contributed by atoms with Crippen molar-refractivity contribution in [3.05, 3.63) is 90.0 Å². The summed E-state index contributed by atoms with van der Waals surface area (Å²) in [5.41, 5.74) is 2.25. The third-order valence-electron chi connectivity index (χ3n) is 4.89. The highest BCUT2D eigenvalue weighted by molar-refractivity contribution is 5.92. The normalized spacial score (nSPS) is 10.9. The van der Waals surface area contributed by atoms with E-state index in [0.717, 1.165) is 5.56 Å². The molecule has 4 aromatic rings. The first-order valence-electron chi connectivity index (χ1n) is 10.4. The van der Waals surface area contributed by atoms with Gasteiger partial charge in [-0.1, -0.05) is 38.1 Å². The van der Waals surface area contributed by atoms with Crippen molar-refractivity contribution in [1.82, 2.24) is 14.8 Å². The molecule has 1 aromatic heterocycles. The van der Waals surface area contributed by atoms with Crippen LogP contribution < -0.4 is 10.1 Å². The Morgan fingerprint density at radius 2 is 1.70 bits per heavy atom. The molecule has 168 valence electrons.